The number of halogens is 1. The van der Waals surface area contributed by atoms with Gasteiger partial charge in [0.25, 0.3) is 5.56 Å². The number of hydrogen-bond acceptors (Lipinski definition) is 5. The number of aromatic nitrogens is 3. The monoisotopic (exact) mass is 402 g/mol. The van der Waals surface area contributed by atoms with Crippen LogP contribution in [-0.2, 0) is 13.1 Å². The molecule has 28 heavy (non-hydrogen) atoms. The van der Waals surface area contributed by atoms with E-state index < -0.39 is 0 Å². The average Bonchev–Trinajstić information content (AvgIpc) is 3.15. The second-order valence-electron chi connectivity index (χ2n) is 7.15. The number of hydrogen-bond donors (Lipinski definition) is 0. The Balaban J connectivity index is 1.88. The molecule has 0 bridgehead atoms. The Labute approximate surface area is 165 Å². The van der Waals surface area contributed by atoms with Gasteiger partial charge in [-0.1, -0.05) is 30.4 Å². The maximum absolute atomic E-state index is 13.6. The highest BCUT2D eigenvalue weighted by molar-refractivity contribution is 7.22. The van der Waals surface area contributed by atoms with Crippen molar-refractivity contribution in [2.45, 2.75) is 45.7 Å². The molecule has 0 aliphatic carbocycles. The lowest BCUT2D eigenvalue weighted by Crippen LogP contribution is -2.40. The molecule has 1 aliphatic rings. The molecule has 1 aromatic carbocycles. The van der Waals surface area contributed by atoms with Crippen LogP contribution in [-0.4, -0.2) is 27.2 Å². The van der Waals surface area contributed by atoms with E-state index in [-0.39, 0.29) is 23.6 Å². The Morgan fingerprint density at radius 1 is 1.14 bits per heavy atom. The molecule has 1 saturated heterocycles. The molecular formula is C20H23FN4O2S. The van der Waals surface area contributed by atoms with E-state index >= 15 is 0 Å². The number of rotatable bonds is 5. The third kappa shape index (κ3) is 3.48. The van der Waals surface area contributed by atoms with Crippen molar-refractivity contribution in [2.24, 2.45) is 0 Å². The largest absolute Gasteiger partial charge is 0.348 e. The first-order valence-corrected chi connectivity index (χ1v) is 10.5. The zero-order chi connectivity index (χ0) is 19.7. The summed E-state index contributed by atoms with van der Waals surface area (Å²) >= 11 is 1.35. The van der Waals surface area contributed by atoms with Gasteiger partial charge in [0.05, 0.1) is 6.54 Å². The summed E-state index contributed by atoms with van der Waals surface area (Å²) in [6, 6.07) is 6.17. The van der Waals surface area contributed by atoms with Crippen LogP contribution in [0.4, 0.5) is 9.52 Å². The number of benzene rings is 1. The molecule has 0 amide bonds. The Kier molecular flexibility index (Phi) is 5.30. The zero-order valence-corrected chi connectivity index (χ0v) is 16.7. The number of piperidine rings is 1. The first-order chi connectivity index (χ1) is 13.6. The Bertz CT molecular complexity index is 1110. The third-order valence-corrected chi connectivity index (χ3v) is 6.15. The fourth-order valence-corrected chi connectivity index (χ4v) is 4.74. The predicted octanol–water partition coefficient (Wildman–Crippen LogP) is 3.21. The molecular weight excluding hydrogens is 379 g/mol. The fraction of sp³-hybridized carbons (Fsp3) is 0.450. The van der Waals surface area contributed by atoms with Crippen LogP contribution < -0.4 is 16.1 Å². The van der Waals surface area contributed by atoms with Gasteiger partial charge in [0.2, 0.25) is 0 Å². The van der Waals surface area contributed by atoms with Gasteiger partial charge in [0.1, 0.15) is 10.5 Å². The first kappa shape index (κ1) is 18.9. The van der Waals surface area contributed by atoms with Crippen molar-refractivity contribution in [2.75, 3.05) is 18.0 Å². The Hall–Kier alpha value is -2.48. The van der Waals surface area contributed by atoms with Crippen LogP contribution in [0, 0.1) is 5.82 Å². The summed E-state index contributed by atoms with van der Waals surface area (Å²) in [5.74, 6) is -0.351. The average molecular weight is 402 g/mol. The molecule has 3 aromatic rings. The second kappa shape index (κ2) is 7.87. The second-order valence-corrected chi connectivity index (χ2v) is 8.13. The third-order valence-electron chi connectivity index (χ3n) is 5.06. The van der Waals surface area contributed by atoms with Crippen LogP contribution in [0.3, 0.4) is 0 Å². The molecule has 1 fully saturated rings. The molecule has 0 radical (unpaired) electrons. The topological polar surface area (TPSA) is 60.1 Å². The lowest BCUT2D eigenvalue weighted by atomic mass is 10.1. The van der Waals surface area contributed by atoms with Gasteiger partial charge in [-0.3, -0.25) is 13.9 Å². The summed E-state index contributed by atoms with van der Waals surface area (Å²) in [6.45, 7) is 4.29. The van der Waals surface area contributed by atoms with Crippen molar-refractivity contribution in [3.05, 3.63) is 56.5 Å². The molecule has 148 valence electrons. The van der Waals surface area contributed by atoms with E-state index in [4.69, 9.17) is 0 Å². The number of nitrogens with zero attached hydrogens (tertiary/aromatic N) is 4. The highest BCUT2D eigenvalue weighted by Crippen LogP contribution is 2.28. The van der Waals surface area contributed by atoms with Crippen LogP contribution in [0.15, 0.2) is 33.9 Å². The van der Waals surface area contributed by atoms with E-state index in [0.29, 0.717) is 28.9 Å². The maximum Gasteiger partial charge on any atom is 0.333 e. The van der Waals surface area contributed by atoms with Gasteiger partial charge >= 0.3 is 5.69 Å². The highest BCUT2D eigenvalue weighted by atomic mass is 32.1. The molecule has 3 heterocycles. The van der Waals surface area contributed by atoms with Crippen LogP contribution >= 0.6 is 11.3 Å². The lowest BCUT2D eigenvalue weighted by Gasteiger charge is -2.25. The standard InChI is InChI=1S/C20H23FN4O2S/c1-2-9-24-18(26)16-17(22-19(28-16)23-10-4-3-5-11-23)25(20(24)27)13-14-7-6-8-15(21)12-14/h6-8,12H,2-5,9-11,13H2,1H3. The molecule has 0 saturated carbocycles. The van der Waals surface area contributed by atoms with Gasteiger partial charge < -0.3 is 4.90 Å². The molecule has 8 heteroatoms. The highest BCUT2D eigenvalue weighted by Gasteiger charge is 2.21. The minimum absolute atomic E-state index is 0.181. The van der Waals surface area contributed by atoms with Gasteiger partial charge in [-0.15, -0.1) is 0 Å². The van der Waals surface area contributed by atoms with E-state index in [1.165, 1.54) is 39.0 Å². The van der Waals surface area contributed by atoms with Gasteiger partial charge in [0, 0.05) is 19.6 Å². The maximum atomic E-state index is 13.6. The van der Waals surface area contributed by atoms with E-state index in [2.05, 4.69) is 9.88 Å². The van der Waals surface area contributed by atoms with Crippen molar-refractivity contribution < 1.29 is 4.39 Å². The molecule has 0 unspecified atom stereocenters. The number of fused-ring (bicyclic) bond motifs is 1. The molecule has 0 N–H and O–H groups in total. The van der Waals surface area contributed by atoms with Crippen molar-refractivity contribution in [1.29, 1.82) is 0 Å². The van der Waals surface area contributed by atoms with Gasteiger partial charge in [-0.25, -0.2) is 14.2 Å². The molecule has 6 nitrogen and oxygen atoms in total. The summed E-state index contributed by atoms with van der Waals surface area (Å²) in [5, 5.41) is 0.786. The van der Waals surface area contributed by atoms with Crippen molar-refractivity contribution in [1.82, 2.24) is 14.1 Å². The van der Waals surface area contributed by atoms with Gasteiger partial charge in [-0.2, -0.15) is 0 Å². The minimum atomic E-state index is -0.390. The molecule has 2 aromatic heterocycles. The van der Waals surface area contributed by atoms with E-state index in [9.17, 15) is 14.0 Å². The smallest absolute Gasteiger partial charge is 0.333 e. The molecule has 4 rings (SSSR count). The Morgan fingerprint density at radius 3 is 2.64 bits per heavy atom. The zero-order valence-electron chi connectivity index (χ0n) is 15.9. The van der Waals surface area contributed by atoms with E-state index in [1.54, 1.807) is 12.1 Å². The van der Waals surface area contributed by atoms with Crippen molar-refractivity contribution >= 4 is 26.8 Å². The molecule has 1 aliphatic heterocycles. The normalized spacial score (nSPS) is 14.7. The van der Waals surface area contributed by atoms with Crippen LogP contribution in [0.1, 0.15) is 38.2 Å². The summed E-state index contributed by atoms with van der Waals surface area (Å²) in [4.78, 5) is 32.9. The van der Waals surface area contributed by atoms with Crippen molar-refractivity contribution in [3.63, 3.8) is 0 Å². The summed E-state index contributed by atoms with van der Waals surface area (Å²) in [6.07, 6.45) is 4.09. The lowest BCUT2D eigenvalue weighted by molar-refractivity contribution is 0.573. The van der Waals surface area contributed by atoms with Gasteiger partial charge in [0.15, 0.2) is 10.8 Å². The van der Waals surface area contributed by atoms with Gasteiger partial charge in [-0.05, 0) is 43.4 Å². The predicted molar refractivity (Wildman–Crippen MR) is 110 cm³/mol. The Morgan fingerprint density at radius 2 is 1.93 bits per heavy atom. The van der Waals surface area contributed by atoms with E-state index in [1.807, 2.05) is 6.92 Å². The van der Waals surface area contributed by atoms with Crippen molar-refractivity contribution in [3.8, 4) is 0 Å². The van der Waals surface area contributed by atoms with E-state index in [0.717, 1.165) is 31.1 Å². The SMILES string of the molecule is CCCn1c(=O)c2sc(N3CCCCC3)nc2n(Cc2cccc(F)c2)c1=O. The summed E-state index contributed by atoms with van der Waals surface area (Å²) in [7, 11) is 0. The summed E-state index contributed by atoms with van der Waals surface area (Å²) < 4.78 is 16.9. The quantitative estimate of drug-likeness (QED) is 0.658. The van der Waals surface area contributed by atoms with Crippen LogP contribution in [0.5, 0.6) is 0 Å². The molecule has 0 spiro atoms. The van der Waals surface area contributed by atoms with Crippen LogP contribution in [0.2, 0.25) is 0 Å². The van der Waals surface area contributed by atoms with Crippen LogP contribution in [0.25, 0.3) is 10.3 Å². The fourth-order valence-electron chi connectivity index (χ4n) is 3.67. The first-order valence-electron chi connectivity index (χ1n) is 9.72. The molecule has 0 atom stereocenters. The summed E-state index contributed by atoms with van der Waals surface area (Å²) in [5.41, 5.74) is 0.395. The number of thiazole rings is 1. The number of anilines is 1. The minimum Gasteiger partial charge on any atom is -0.348 e.